The third kappa shape index (κ3) is 3.27. The van der Waals surface area contributed by atoms with Crippen LogP contribution < -0.4 is 0 Å². The minimum atomic E-state index is 0.631. The SMILES string of the molecule is CCCCOCCCn1c(=S)[nH]c2c(C#N)cccc21. The van der Waals surface area contributed by atoms with E-state index in [1.165, 1.54) is 0 Å². The first-order chi connectivity index (χ1) is 9.77. The average molecular weight is 289 g/mol. The highest BCUT2D eigenvalue weighted by atomic mass is 32.1. The van der Waals surface area contributed by atoms with Crippen molar-refractivity contribution in [3.8, 4) is 6.07 Å². The molecule has 0 spiro atoms. The quantitative estimate of drug-likeness (QED) is 0.623. The summed E-state index contributed by atoms with van der Waals surface area (Å²) in [5, 5.41) is 9.10. The Bertz CT molecular complexity index is 666. The molecule has 4 nitrogen and oxygen atoms in total. The maximum Gasteiger partial charge on any atom is 0.178 e. The largest absolute Gasteiger partial charge is 0.381 e. The minimum absolute atomic E-state index is 0.631. The maximum atomic E-state index is 9.10. The van der Waals surface area contributed by atoms with Gasteiger partial charge in [0, 0.05) is 19.8 Å². The summed E-state index contributed by atoms with van der Waals surface area (Å²) in [6.07, 6.45) is 3.18. The maximum absolute atomic E-state index is 9.10. The average Bonchev–Trinajstić information content (AvgIpc) is 2.78. The van der Waals surface area contributed by atoms with Gasteiger partial charge in [-0.3, -0.25) is 0 Å². The van der Waals surface area contributed by atoms with Crippen LogP contribution in [-0.4, -0.2) is 22.8 Å². The Morgan fingerprint density at radius 1 is 1.35 bits per heavy atom. The number of para-hydroxylation sites is 1. The fraction of sp³-hybridized carbons (Fsp3) is 0.467. The highest BCUT2D eigenvalue weighted by Gasteiger charge is 2.07. The van der Waals surface area contributed by atoms with Crippen LogP contribution in [0, 0.1) is 16.1 Å². The smallest absolute Gasteiger partial charge is 0.178 e. The molecule has 0 bridgehead atoms. The molecule has 0 atom stereocenters. The number of benzene rings is 1. The summed E-state index contributed by atoms with van der Waals surface area (Å²) in [6, 6.07) is 7.86. The molecule has 1 N–H and O–H groups in total. The second-order valence-corrected chi connectivity index (χ2v) is 5.10. The van der Waals surface area contributed by atoms with Gasteiger partial charge in [-0.1, -0.05) is 19.4 Å². The molecule has 0 aliphatic heterocycles. The van der Waals surface area contributed by atoms with Gasteiger partial charge in [-0.25, -0.2) is 0 Å². The third-order valence-corrected chi connectivity index (χ3v) is 3.57. The summed E-state index contributed by atoms with van der Waals surface area (Å²) < 4.78 is 8.26. The molecule has 2 rings (SSSR count). The van der Waals surface area contributed by atoms with Crippen LogP contribution in [0.3, 0.4) is 0 Å². The molecular weight excluding hydrogens is 270 g/mol. The van der Waals surface area contributed by atoms with Gasteiger partial charge in [0.05, 0.1) is 16.6 Å². The van der Waals surface area contributed by atoms with Crippen LogP contribution in [0.5, 0.6) is 0 Å². The zero-order valence-corrected chi connectivity index (χ0v) is 12.5. The molecule has 0 unspecified atom stereocenters. The summed E-state index contributed by atoms with van der Waals surface area (Å²) in [6.45, 7) is 4.53. The van der Waals surface area contributed by atoms with Crippen LogP contribution >= 0.6 is 12.2 Å². The molecule has 0 fully saturated rings. The fourth-order valence-electron chi connectivity index (χ4n) is 2.17. The number of rotatable bonds is 7. The topological polar surface area (TPSA) is 53.7 Å². The van der Waals surface area contributed by atoms with E-state index in [4.69, 9.17) is 22.2 Å². The highest BCUT2D eigenvalue weighted by molar-refractivity contribution is 7.71. The first-order valence-electron chi connectivity index (χ1n) is 6.97. The molecule has 0 aliphatic carbocycles. The van der Waals surface area contributed by atoms with Gasteiger partial charge in [-0.05, 0) is 37.2 Å². The summed E-state index contributed by atoms with van der Waals surface area (Å²) in [7, 11) is 0. The Balaban J connectivity index is 2.06. The van der Waals surface area contributed by atoms with Gasteiger partial charge < -0.3 is 14.3 Å². The number of aryl methyl sites for hydroxylation is 1. The van der Waals surface area contributed by atoms with Crippen LogP contribution in [0.25, 0.3) is 11.0 Å². The van der Waals surface area contributed by atoms with Crippen LogP contribution in [0.1, 0.15) is 31.7 Å². The van der Waals surface area contributed by atoms with E-state index in [0.29, 0.717) is 10.3 Å². The lowest BCUT2D eigenvalue weighted by Crippen LogP contribution is -2.03. The van der Waals surface area contributed by atoms with E-state index >= 15 is 0 Å². The Morgan fingerprint density at radius 2 is 2.15 bits per heavy atom. The summed E-state index contributed by atoms with van der Waals surface area (Å²) in [5.74, 6) is 0. The number of nitriles is 1. The molecule has 0 saturated heterocycles. The van der Waals surface area contributed by atoms with Gasteiger partial charge in [0.1, 0.15) is 6.07 Å². The molecule has 0 aliphatic rings. The number of hydrogen-bond donors (Lipinski definition) is 1. The molecule has 20 heavy (non-hydrogen) atoms. The van der Waals surface area contributed by atoms with Crippen LogP contribution in [-0.2, 0) is 11.3 Å². The zero-order chi connectivity index (χ0) is 14.4. The molecule has 1 aromatic heterocycles. The number of nitrogens with zero attached hydrogens (tertiary/aromatic N) is 2. The van der Waals surface area contributed by atoms with E-state index in [-0.39, 0.29) is 0 Å². The number of fused-ring (bicyclic) bond motifs is 1. The summed E-state index contributed by atoms with van der Waals surface area (Å²) >= 11 is 5.34. The summed E-state index contributed by atoms with van der Waals surface area (Å²) in [5.41, 5.74) is 2.45. The monoisotopic (exact) mass is 289 g/mol. The van der Waals surface area contributed by atoms with Crippen molar-refractivity contribution in [3.05, 3.63) is 28.5 Å². The number of H-pyrrole nitrogens is 1. The Labute approximate surface area is 124 Å². The number of aromatic nitrogens is 2. The van der Waals surface area contributed by atoms with Crippen molar-refractivity contribution in [2.45, 2.75) is 32.7 Å². The lowest BCUT2D eigenvalue weighted by molar-refractivity contribution is 0.126. The van der Waals surface area contributed by atoms with E-state index in [0.717, 1.165) is 50.1 Å². The number of hydrogen-bond acceptors (Lipinski definition) is 3. The van der Waals surface area contributed by atoms with Gasteiger partial charge in [0.2, 0.25) is 0 Å². The number of nitrogens with one attached hydrogen (secondary N) is 1. The second kappa shape index (κ2) is 7.22. The minimum Gasteiger partial charge on any atom is -0.381 e. The normalized spacial score (nSPS) is 10.8. The third-order valence-electron chi connectivity index (χ3n) is 3.24. The first kappa shape index (κ1) is 14.8. The predicted molar refractivity (Wildman–Crippen MR) is 82.2 cm³/mol. The lowest BCUT2D eigenvalue weighted by atomic mass is 10.2. The van der Waals surface area contributed by atoms with E-state index in [1.807, 2.05) is 16.7 Å². The van der Waals surface area contributed by atoms with Crippen LogP contribution in [0.2, 0.25) is 0 Å². The van der Waals surface area contributed by atoms with Crippen molar-refractivity contribution < 1.29 is 4.74 Å². The van der Waals surface area contributed by atoms with Gasteiger partial charge in [-0.2, -0.15) is 5.26 Å². The Hall–Kier alpha value is -1.64. The number of unbranched alkanes of at least 4 members (excludes halogenated alkanes) is 1. The van der Waals surface area contributed by atoms with Crippen molar-refractivity contribution in [1.82, 2.24) is 9.55 Å². The van der Waals surface area contributed by atoms with Crippen LogP contribution in [0.15, 0.2) is 18.2 Å². The Morgan fingerprint density at radius 3 is 2.90 bits per heavy atom. The molecular formula is C15H19N3OS. The Kier molecular flexibility index (Phi) is 5.33. The van der Waals surface area contributed by atoms with Crippen molar-refractivity contribution in [3.63, 3.8) is 0 Å². The molecule has 5 heteroatoms. The number of ether oxygens (including phenoxy) is 1. The van der Waals surface area contributed by atoms with Gasteiger partial charge in [0.25, 0.3) is 0 Å². The fourth-order valence-corrected chi connectivity index (χ4v) is 2.46. The van der Waals surface area contributed by atoms with E-state index < -0.39 is 0 Å². The molecule has 0 saturated carbocycles. The predicted octanol–water partition coefficient (Wildman–Crippen LogP) is 3.78. The van der Waals surface area contributed by atoms with Crippen molar-refractivity contribution >= 4 is 23.3 Å². The molecule has 0 radical (unpaired) electrons. The molecule has 1 heterocycles. The zero-order valence-electron chi connectivity index (χ0n) is 11.7. The lowest BCUT2D eigenvalue weighted by Gasteiger charge is -2.05. The van der Waals surface area contributed by atoms with Crippen LogP contribution in [0.4, 0.5) is 0 Å². The van der Waals surface area contributed by atoms with Crippen molar-refractivity contribution in [1.29, 1.82) is 5.26 Å². The van der Waals surface area contributed by atoms with Gasteiger partial charge >= 0.3 is 0 Å². The number of aromatic amines is 1. The first-order valence-corrected chi connectivity index (χ1v) is 7.38. The van der Waals surface area contributed by atoms with Crippen molar-refractivity contribution in [2.24, 2.45) is 0 Å². The standard InChI is InChI=1S/C15H19N3OS/c1-2-3-9-19-10-5-8-18-13-7-4-6-12(11-16)14(13)17-15(18)20/h4,6-7H,2-3,5,8-10H2,1H3,(H,17,20). The molecule has 0 amide bonds. The number of imidazole rings is 1. The van der Waals surface area contributed by atoms with E-state index in [1.54, 1.807) is 6.07 Å². The highest BCUT2D eigenvalue weighted by Crippen LogP contribution is 2.18. The molecule has 1 aromatic carbocycles. The second-order valence-electron chi connectivity index (χ2n) is 4.71. The van der Waals surface area contributed by atoms with E-state index in [9.17, 15) is 0 Å². The molecule has 106 valence electrons. The van der Waals surface area contributed by atoms with Gasteiger partial charge in [-0.15, -0.1) is 0 Å². The van der Waals surface area contributed by atoms with Crippen molar-refractivity contribution in [2.75, 3.05) is 13.2 Å². The van der Waals surface area contributed by atoms with Gasteiger partial charge in [0.15, 0.2) is 4.77 Å². The van der Waals surface area contributed by atoms with E-state index in [2.05, 4.69) is 18.0 Å². The molecule has 2 aromatic rings. The summed E-state index contributed by atoms with van der Waals surface area (Å²) in [4.78, 5) is 3.12.